The van der Waals surface area contributed by atoms with Crippen LogP contribution < -0.4 is 19.5 Å². The van der Waals surface area contributed by atoms with Crippen molar-refractivity contribution in [1.29, 1.82) is 5.26 Å². The molecule has 8 heteroatoms. The minimum Gasteiger partial charge on any atom is -0.495 e. The van der Waals surface area contributed by atoms with Gasteiger partial charge in [0.05, 0.1) is 19.9 Å². The normalized spacial score (nSPS) is 10.5. The van der Waals surface area contributed by atoms with E-state index in [4.69, 9.17) is 32.2 Å². The molecule has 2 rings (SSSR count). The molecule has 148 valence electrons. The van der Waals surface area contributed by atoms with E-state index in [1.165, 1.54) is 26.4 Å². The van der Waals surface area contributed by atoms with E-state index in [1.54, 1.807) is 24.3 Å². The third-order valence-electron chi connectivity index (χ3n) is 3.64. The molecule has 0 saturated heterocycles. The summed E-state index contributed by atoms with van der Waals surface area (Å²) in [5, 5.41) is 12.6. The third-order valence-corrected chi connectivity index (χ3v) is 4.34. The number of carbonyl (C=O) groups is 1. The molecule has 2 aromatic rings. The number of hydrogen-bond donors (Lipinski definition) is 1. The van der Waals surface area contributed by atoms with Crippen LogP contribution in [0.4, 0.5) is 5.69 Å². The van der Waals surface area contributed by atoms with E-state index in [9.17, 15) is 10.1 Å². The maximum absolute atomic E-state index is 12.7. The van der Waals surface area contributed by atoms with Crippen molar-refractivity contribution in [2.45, 2.75) is 0 Å². The monoisotopic (exact) mass is 474 g/mol. The summed E-state index contributed by atoms with van der Waals surface area (Å²) in [7, 11) is 2.93. The summed E-state index contributed by atoms with van der Waals surface area (Å²) < 4.78 is 16.7. The lowest BCUT2D eigenvalue weighted by Gasteiger charge is -2.13. The number of hydrogen-bond acceptors (Lipinski definition) is 5. The Labute approximate surface area is 182 Å². The van der Waals surface area contributed by atoms with Crippen LogP contribution in [0.2, 0.25) is 5.02 Å². The summed E-state index contributed by atoms with van der Waals surface area (Å²) in [6.07, 6.45) is 6.65. The van der Waals surface area contributed by atoms with Gasteiger partial charge in [0.15, 0.2) is 11.5 Å². The Morgan fingerprint density at radius 2 is 2.00 bits per heavy atom. The standard InChI is InChI=1S/C21H16BrClN2O4/c1-4-7-29-20-13(9-15(22)10-19(20)28-3)8-14(12-24)21(26)25-17-11-16(23)5-6-18(17)27-2/h1,5-6,8-11H,7H2,2-3H3,(H,25,26)/b14-8+. The van der Waals surface area contributed by atoms with Gasteiger partial charge in [0.25, 0.3) is 5.91 Å². The molecule has 0 fully saturated rings. The third kappa shape index (κ3) is 5.68. The molecule has 0 bridgehead atoms. The first-order valence-corrected chi connectivity index (χ1v) is 9.31. The molecule has 0 aliphatic rings. The highest BCUT2D eigenvalue weighted by atomic mass is 79.9. The molecule has 0 saturated carbocycles. The van der Waals surface area contributed by atoms with Gasteiger partial charge in [-0.3, -0.25) is 4.79 Å². The van der Waals surface area contributed by atoms with Gasteiger partial charge in [-0.1, -0.05) is 33.5 Å². The summed E-state index contributed by atoms with van der Waals surface area (Å²) >= 11 is 9.35. The number of nitriles is 1. The molecule has 0 aliphatic heterocycles. The van der Waals surface area contributed by atoms with Gasteiger partial charge in [-0.2, -0.15) is 5.26 Å². The molecule has 0 aromatic heterocycles. The Balaban J connectivity index is 2.45. The Bertz CT molecular complexity index is 1040. The first kappa shape index (κ1) is 22.2. The average Bonchev–Trinajstić information content (AvgIpc) is 2.70. The Morgan fingerprint density at radius 1 is 1.28 bits per heavy atom. The highest BCUT2D eigenvalue weighted by Gasteiger charge is 2.17. The molecule has 0 heterocycles. The topological polar surface area (TPSA) is 80.6 Å². The minimum absolute atomic E-state index is 0.00731. The molecule has 29 heavy (non-hydrogen) atoms. The molecule has 1 N–H and O–H groups in total. The van der Waals surface area contributed by atoms with E-state index in [1.807, 2.05) is 6.07 Å². The highest BCUT2D eigenvalue weighted by Crippen LogP contribution is 2.36. The first-order chi connectivity index (χ1) is 13.9. The quantitative estimate of drug-likeness (QED) is 0.357. The number of ether oxygens (including phenoxy) is 3. The van der Waals surface area contributed by atoms with E-state index in [-0.39, 0.29) is 12.2 Å². The maximum Gasteiger partial charge on any atom is 0.266 e. The van der Waals surface area contributed by atoms with E-state index < -0.39 is 5.91 Å². The van der Waals surface area contributed by atoms with E-state index >= 15 is 0 Å². The van der Waals surface area contributed by atoms with Crippen LogP contribution in [0.1, 0.15) is 5.56 Å². The molecular weight excluding hydrogens is 460 g/mol. The number of anilines is 1. The van der Waals surface area contributed by atoms with Gasteiger partial charge >= 0.3 is 0 Å². The van der Waals surface area contributed by atoms with E-state index in [0.29, 0.717) is 38.0 Å². The van der Waals surface area contributed by atoms with Gasteiger partial charge in [-0.15, -0.1) is 6.42 Å². The van der Waals surface area contributed by atoms with Crippen molar-refractivity contribution >= 4 is 45.2 Å². The van der Waals surface area contributed by atoms with Crippen LogP contribution in [-0.4, -0.2) is 26.7 Å². The van der Waals surface area contributed by atoms with Crippen LogP contribution >= 0.6 is 27.5 Å². The summed E-state index contributed by atoms with van der Waals surface area (Å²) in [5.74, 6) is 2.84. The molecule has 0 unspecified atom stereocenters. The zero-order chi connectivity index (χ0) is 21.4. The lowest BCUT2D eigenvalue weighted by Crippen LogP contribution is -2.14. The van der Waals surface area contributed by atoms with Crippen molar-refractivity contribution in [3.05, 3.63) is 51.0 Å². The number of benzene rings is 2. The van der Waals surface area contributed by atoms with Crippen molar-refractivity contribution in [3.63, 3.8) is 0 Å². The smallest absolute Gasteiger partial charge is 0.266 e. The second kappa shape index (κ2) is 10.4. The van der Waals surface area contributed by atoms with Crippen LogP contribution in [0.15, 0.2) is 40.4 Å². The number of carbonyl (C=O) groups excluding carboxylic acids is 1. The lowest BCUT2D eigenvalue weighted by atomic mass is 10.1. The number of terminal acetylenes is 1. The van der Waals surface area contributed by atoms with Crippen molar-refractivity contribution in [2.75, 3.05) is 26.1 Å². The lowest BCUT2D eigenvalue weighted by molar-refractivity contribution is -0.112. The zero-order valence-corrected chi connectivity index (χ0v) is 17.9. The Morgan fingerprint density at radius 3 is 2.62 bits per heavy atom. The number of nitrogens with one attached hydrogen (secondary N) is 1. The summed E-state index contributed by atoms with van der Waals surface area (Å²) in [5.41, 5.74) is 0.607. The number of rotatable bonds is 7. The second-order valence-corrected chi connectivity index (χ2v) is 6.84. The van der Waals surface area contributed by atoms with Crippen molar-refractivity contribution in [2.24, 2.45) is 0 Å². The number of halogens is 2. The molecule has 6 nitrogen and oxygen atoms in total. The van der Waals surface area contributed by atoms with Crippen molar-refractivity contribution < 1.29 is 19.0 Å². The van der Waals surface area contributed by atoms with Crippen LogP contribution in [-0.2, 0) is 4.79 Å². The fourth-order valence-corrected chi connectivity index (χ4v) is 3.01. The fraction of sp³-hybridized carbons (Fsp3) is 0.143. The number of nitrogens with zero attached hydrogens (tertiary/aromatic N) is 1. The van der Waals surface area contributed by atoms with E-state index in [2.05, 4.69) is 27.2 Å². The molecule has 0 spiro atoms. The zero-order valence-electron chi connectivity index (χ0n) is 15.6. The van der Waals surface area contributed by atoms with Gasteiger partial charge in [0.2, 0.25) is 0 Å². The second-order valence-electron chi connectivity index (χ2n) is 5.49. The van der Waals surface area contributed by atoms with Crippen LogP contribution in [0.3, 0.4) is 0 Å². The van der Waals surface area contributed by atoms with Crippen LogP contribution in [0.5, 0.6) is 17.2 Å². The van der Waals surface area contributed by atoms with Gasteiger partial charge in [-0.25, -0.2) is 0 Å². The number of amides is 1. The highest BCUT2D eigenvalue weighted by molar-refractivity contribution is 9.10. The minimum atomic E-state index is -0.644. The SMILES string of the molecule is C#CCOc1c(/C=C(\C#N)C(=O)Nc2cc(Cl)ccc2OC)cc(Br)cc1OC. The van der Waals surface area contributed by atoms with Gasteiger partial charge in [-0.05, 0) is 36.4 Å². The largest absolute Gasteiger partial charge is 0.495 e. The first-order valence-electron chi connectivity index (χ1n) is 8.14. The summed E-state index contributed by atoms with van der Waals surface area (Å²) in [6.45, 7) is -0.00731. The maximum atomic E-state index is 12.7. The predicted molar refractivity (Wildman–Crippen MR) is 115 cm³/mol. The summed E-state index contributed by atoms with van der Waals surface area (Å²) in [6, 6.07) is 10.0. The van der Waals surface area contributed by atoms with Crippen LogP contribution in [0, 0.1) is 23.7 Å². The fourth-order valence-electron chi connectivity index (χ4n) is 2.39. The average molecular weight is 476 g/mol. The Kier molecular flexibility index (Phi) is 7.97. The molecule has 0 aliphatic carbocycles. The molecule has 1 amide bonds. The van der Waals surface area contributed by atoms with Crippen molar-refractivity contribution in [3.8, 4) is 35.7 Å². The number of methoxy groups -OCH3 is 2. The van der Waals surface area contributed by atoms with Gasteiger partial charge in [0.1, 0.15) is 24.0 Å². The molecule has 0 atom stereocenters. The van der Waals surface area contributed by atoms with E-state index in [0.717, 1.165) is 0 Å². The Hall–Kier alpha value is -3.13. The van der Waals surface area contributed by atoms with Gasteiger partial charge < -0.3 is 19.5 Å². The van der Waals surface area contributed by atoms with Crippen LogP contribution in [0.25, 0.3) is 6.08 Å². The molecular formula is C21H16BrClN2O4. The predicted octanol–water partition coefficient (Wildman–Crippen LogP) is 4.68. The van der Waals surface area contributed by atoms with Crippen molar-refractivity contribution in [1.82, 2.24) is 0 Å². The molecule has 0 radical (unpaired) electrons. The van der Waals surface area contributed by atoms with Gasteiger partial charge in [0, 0.05) is 15.1 Å². The molecule has 2 aromatic carbocycles. The summed E-state index contributed by atoms with van der Waals surface area (Å²) in [4.78, 5) is 12.7.